The number of β-lactam (4-membered cyclic amide) rings is 1. The van der Waals surface area contributed by atoms with Gasteiger partial charge in [0.2, 0.25) is 0 Å². The molecule has 0 bridgehead atoms. The Morgan fingerprint density at radius 2 is 1.96 bits per heavy atom. The first-order chi connectivity index (χ1) is 21.4. The van der Waals surface area contributed by atoms with Gasteiger partial charge in [0.15, 0.2) is 15.2 Å². The molecule has 2 aliphatic heterocycles. The van der Waals surface area contributed by atoms with Crippen molar-refractivity contribution in [1.82, 2.24) is 25.4 Å². The predicted octanol–water partition coefficient (Wildman–Crippen LogP) is 3.09. The molecule has 21 heteroatoms. The van der Waals surface area contributed by atoms with Crippen molar-refractivity contribution in [3.05, 3.63) is 63.5 Å². The van der Waals surface area contributed by atoms with Crippen molar-refractivity contribution < 1.29 is 46.7 Å². The Morgan fingerprint density at radius 3 is 2.62 bits per heavy atom. The third-order valence-electron chi connectivity index (χ3n) is 5.99. The third-order valence-corrected chi connectivity index (χ3v) is 10.0. The summed E-state index contributed by atoms with van der Waals surface area (Å²) in [5, 5.41) is 25.2. The number of aliphatic carboxylic acids is 1. The number of nitrogens with one attached hydrogen (secondary N) is 2. The van der Waals surface area contributed by atoms with E-state index in [2.05, 4.69) is 25.7 Å². The van der Waals surface area contributed by atoms with Gasteiger partial charge in [-0.1, -0.05) is 40.4 Å². The highest BCUT2D eigenvalue weighted by atomic mass is 32.2. The zero-order valence-electron chi connectivity index (χ0n) is 22.1. The van der Waals surface area contributed by atoms with Gasteiger partial charge < -0.3 is 15.3 Å². The molecule has 2 aliphatic rings. The molecule has 13 nitrogen and oxygen atoms in total. The van der Waals surface area contributed by atoms with Gasteiger partial charge in [0.25, 0.3) is 11.8 Å². The van der Waals surface area contributed by atoms with Crippen molar-refractivity contribution >= 4 is 80.7 Å². The van der Waals surface area contributed by atoms with E-state index in [0.29, 0.717) is 26.8 Å². The molecular weight excluding hydrogens is 687 g/mol. The number of rotatable bonds is 11. The number of halogens is 4. The third kappa shape index (κ3) is 7.43. The Morgan fingerprint density at radius 1 is 1.20 bits per heavy atom. The van der Waals surface area contributed by atoms with Crippen molar-refractivity contribution in [2.75, 3.05) is 16.8 Å². The summed E-state index contributed by atoms with van der Waals surface area (Å²) in [6, 6.07) is 3.95. The van der Waals surface area contributed by atoms with Crippen molar-refractivity contribution in [3.63, 3.8) is 0 Å². The average Bonchev–Trinajstić information content (AvgIpc) is 3.69. The van der Waals surface area contributed by atoms with Crippen LogP contribution in [-0.2, 0) is 30.6 Å². The number of amides is 3. The van der Waals surface area contributed by atoms with Crippen LogP contribution in [0.3, 0.4) is 0 Å². The second kappa shape index (κ2) is 13.5. The van der Waals surface area contributed by atoms with Gasteiger partial charge in [-0.2, -0.15) is 13.2 Å². The largest absolute Gasteiger partial charge is 0.477 e. The number of benzene rings is 1. The molecule has 5 rings (SSSR count). The van der Waals surface area contributed by atoms with E-state index >= 15 is 0 Å². The number of thiazole rings is 1. The summed E-state index contributed by atoms with van der Waals surface area (Å²) in [7, 11) is 0. The number of hydrogen-bond acceptors (Lipinski definition) is 13. The fourth-order valence-electron chi connectivity index (χ4n) is 3.94. The molecule has 1 unspecified atom stereocenters. The molecule has 45 heavy (non-hydrogen) atoms. The second-order valence-corrected chi connectivity index (χ2v) is 13.0. The molecule has 0 saturated carbocycles. The first-order valence-corrected chi connectivity index (χ1v) is 16.1. The Kier molecular flexibility index (Phi) is 9.70. The number of hydrogen-bond donors (Lipinski definition) is 3. The van der Waals surface area contributed by atoms with Crippen LogP contribution in [-0.4, -0.2) is 83.7 Å². The maximum absolute atomic E-state index is 13.4. The fourth-order valence-corrected chi connectivity index (χ4v) is 7.61. The summed E-state index contributed by atoms with van der Waals surface area (Å²) in [6.07, 6.45) is -5.19. The summed E-state index contributed by atoms with van der Waals surface area (Å²) in [4.78, 5) is 60.1. The van der Waals surface area contributed by atoms with Gasteiger partial charge in [0.1, 0.15) is 40.7 Å². The minimum absolute atomic E-state index is 0.202. The summed E-state index contributed by atoms with van der Waals surface area (Å²) in [5.74, 6) is -5.33. The van der Waals surface area contributed by atoms with Gasteiger partial charge in [0, 0.05) is 16.9 Å². The van der Waals surface area contributed by atoms with Gasteiger partial charge in [-0.25, -0.2) is 14.2 Å². The second-order valence-electron chi connectivity index (χ2n) is 8.94. The van der Waals surface area contributed by atoms with Crippen LogP contribution in [0.5, 0.6) is 0 Å². The maximum Gasteiger partial charge on any atom is 0.471 e. The molecule has 2 atom stereocenters. The van der Waals surface area contributed by atoms with E-state index in [0.717, 1.165) is 10.3 Å². The lowest BCUT2D eigenvalue weighted by molar-refractivity contribution is -0.167. The molecular formula is C24H17F4N7O6S4. The lowest BCUT2D eigenvalue weighted by atomic mass is 10.0. The van der Waals surface area contributed by atoms with Crippen molar-refractivity contribution in [1.29, 1.82) is 0 Å². The van der Waals surface area contributed by atoms with E-state index in [1.165, 1.54) is 64.6 Å². The number of carbonyl (C=O) groups is 4. The molecule has 1 aromatic carbocycles. The van der Waals surface area contributed by atoms with E-state index in [-0.39, 0.29) is 29.5 Å². The van der Waals surface area contributed by atoms with Gasteiger partial charge in [-0.3, -0.25) is 24.6 Å². The SMILES string of the molecule is O=C(O)C1=C(CSc2nncs2)CS[C@@H]2C(NC(=O)C(=NOCc3ccc(F)cc3)c3csc(NC(=O)C(F)(F)F)n3)C(=O)N12. The molecule has 3 amide bonds. The number of carbonyl (C=O) groups excluding carboxylic acids is 3. The Hall–Kier alpha value is -4.08. The van der Waals surface area contributed by atoms with E-state index < -0.39 is 57.9 Å². The van der Waals surface area contributed by atoms with Crippen LogP contribution in [0, 0.1) is 5.82 Å². The summed E-state index contributed by atoms with van der Waals surface area (Å²) >= 11 is 4.35. The topological polar surface area (TPSA) is 176 Å². The Balaban J connectivity index is 1.33. The number of alkyl halides is 3. The lowest BCUT2D eigenvalue weighted by Gasteiger charge is -2.49. The van der Waals surface area contributed by atoms with E-state index in [4.69, 9.17) is 4.84 Å². The van der Waals surface area contributed by atoms with Crippen LogP contribution in [0.1, 0.15) is 11.3 Å². The van der Waals surface area contributed by atoms with Gasteiger partial charge in [-0.05, 0) is 23.3 Å². The Labute approximate surface area is 266 Å². The normalized spacial score (nSPS) is 18.3. The number of anilines is 1. The highest BCUT2D eigenvalue weighted by Crippen LogP contribution is 2.41. The van der Waals surface area contributed by atoms with Crippen LogP contribution < -0.4 is 10.6 Å². The summed E-state index contributed by atoms with van der Waals surface area (Å²) in [6.45, 7) is -0.238. The van der Waals surface area contributed by atoms with Crippen LogP contribution >= 0.6 is 46.2 Å². The molecule has 0 spiro atoms. The van der Waals surface area contributed by atoms with E-state index in [9.17, 15) is 41.8 Å². The number of carboxylic acids is 1. The molecule has 2 aromatic heterocycles. The van der Waals surface area contributed by atoms with E-state index in [1.54, 1.807) is 5.32 Å². The van der Waals surface area contributed by atoms with Crippen molar-refractivity contribution in [3.8, 4) is 0 Å². The lowest BCUT2D eigenvalue weighted by Crippen LogP contribution is -2.71. The first-order valence-electron chi connectivity index (χ1n) is 12.3. The first kappa shape index (κ1) is 32.3. The minimum Gasteiger partial charge on any atom is -0.477 e. The molecule has 1 fully saturated rings. The fraction of sp³-hybridized carbons (Fsp3) is 0.250. The maximum atomic E-state index is 13.4. The summed E-state index contributed by atoms with van der Waals surface area (Å²) < 4.78 is 52.0. The Bertz CT molecular complexity index is 1680. The highest BCUT2D eigenvalue weighted by molar-refractivity contribution is 8.01. The molecule has 0 aliphatic carbocycles. The monoisotopic (exact) mass is 703 g/mol. The van der Waals surface area contributed by atoms with Gasteiger partial charge in [0.05, 0.1) is 0 Å². The zero-order valence-corrected chi connectivity index (χ0v) is 25.4. The molecule has 3 N–H and O–H groups in total. The molecule has 1 saturated heterocycles. The minimum atomic E-state index is -5.19. The smallest absolute Gasteiger partial charge is 0.471 e. The van der Waals surface area contributed by atoms with Gasteiger partial charge >= 0.3 is 18.1 Å². The number of oxime groups is 1. The molecule has 236 valence electrons. The number of fused-ring (bicyclic) bond motifs is 1. The summed E-state index contributed by atoms with van der Waals surface area (Å²) in [5.41, 5.74) is 1.45. The van der Waals surface area contributed by atoms with Crippen molar-refractivity contribution in [2.24, 2.45) is 5.16 Å². The standard InChI is InChI=1S/C24H17F4N7O6S4/c25-12-3-1-10(2-4-12)5-41-34-14(13-8-43-22(30-13)32-21(40)24(26,27)28)17(36)31-15-18(37)35-16(20(38)39)11(6-42-19(15)35)7-44-23-33-29-9-45-23/h1-4,8-9,15,19H,5-7H2,(H,31,36)(H,38,39)(H,30,32,40)/t15?,19-/m1/s1. The van der Waals surface area contributed by atoms with Crippen LogP contribution in [0.15, 0.2) is 55.9 Å². The van der Waals surface area contributed by atoms with Crippen LogP contribution in [0.2, 0.25) is 0 Å². The zero-order chi connectivity index (χ0) is 32.3. The number of carboxylic acid groups (broad SMARTS) is 1. The van der Waals surface area contributed by atoms with Crippen molar-refractivity contribution in [2.45, 2.75) is 28.5 Å². The number of thioether (sulfide) groups is 2. The van der Waals surface area contributed by atoms with Gasteiger partial charge in [-0.15, -0.1) is 33.3 Å². The predicted molar refractivity (Wildman–Crippen MR) is 155 cm³/mol. The number of aromatic nitrogens is 3. The highest BCUT2D eigenvalue weighted by Gasteiger charge is 2.54. The molecule has 0 radical (unpaired) electrons. The van der Waals surface area contributed by atoms with Crippen LogP contribution in [0.25, 0.3) is 0 Å². The van der Waals surface area contributed by atoms with Crippen LogP contribution in [0.4, 0.5) is 22.7 Å². The molecule has 4 heterocycles. The quantitative estimate of drug-likeness (QED) is 0.0880. The van der Waals surface area contributed by atoms with E-state index in [1.807, 2.05) is 0 Å². The average molecular weight is 704 g/mol. The number of nitrogens with zero attached hydrogens (tertiary/aromatic N) is 5. The molecule has 3 aromatic rings.